The van der Waals surface area contributed by atoms with Crippen molar-refractivity contribution in [3.05, 3.63) is 5.69 Å². The van der Waals surface area contributed by atoms with Crippen molar-refractivity contribution in [1.29, 1.82) is 0 Å². The van der Waals surface area contributed by atoms with E-state index >= 15 is 0 Å². The normalized spacial score (nSPS) is 17.7. The largest absolute Gasteiger partial charge is 0.395 e. The summed E-state index contributed by atoms with van der Waals surface area (Å²) in [7, 11) is 1.96. The zero-order valence-electron chi connectivity index (χ0n) is 12.0. The van der Waals surface area contributed by atoms with Crippen LogP contribution in [0.4, 0.5) is 11.5 Å². The van der Waals surface area contributed by atoms with Gasteiger partial charge in [0.25, 0.3) is 0 Å². The molecule has 0 unspecified atom stereocenters. The van der Waals surface area contributed by atoms with E-state index in [0.29, 0.717) is 0 Å². The predicted molar refractivity (Wildman–Crippen MR) is 77.4 cm³/mol. The maximum atomic E-state index is 9.03. The number of β-amino-alcohol motifs (C(OH)–C–C–N with tert-alkyl or cyclic N) is 1. The minimum Gasteiger partial charge on any atom is -0.395 e. The molecule has 0 aromatic carbocycles. The Morgan fingerprint density at radius 1 is 1.26 bits per heavy atom. The SMILES string of the molecule is CCc1nn(C)c(N2CCCN(CCO)CC2)c1N. The number of nitrogens with two attached hydrogens (primary N) is 1. The lowest BCUT2D eigenvalue weighted by molar-refractivity contribution is 0.204. The topological polar surface area (TPSA) is 70.5 Å². The predicted octanol–water partition coefficient (Wildman–Crippen LogP) is 0.0691. The molecule has 6 nitrogen and oxygen atoms in total. The number of anilines is 2. The Kier molecular flexibility index (Phi) is 4.66. The molecule has 0 saturated carbocycles. The number of hydrogen-bond acceptors (Lipinski definition) is 5. The lowest BCUT2D eigenvalue weighted by Gasteiger charge is -2.23. The maximum Gasteiger partial charge on any atom is 0.150 e. The molecule has 19 heavy (non-hydrogen) atoms. The molecule has 0 atom stereocenters. The van der Waals surface area contributed by atoms with Crippen molar-refractivity contribution >= 4 is 11.5 Å². The molecule has 0 spiro atoms. The first kappa shape index (κ1) is 14.1. The van der Waals surface area contributed by atoms with Crippen molar-refractivity contribution in [2.24, 2.45) is 7.05 Å². The van der Waals surface area contributed by atoms with Crippen LogP contribution in [0.15, 0.2) is 0 Å². The molecule has 2 rings (SSSR count). The lowest BCUT2D eigenvalue weighted by atomic mass is 10.3. The van der Waals surface area contributed by atoms with Crippen LogP contribution >= 0.6 is 0 Å². The van der Waals surface area contributed by atoms with Crippen LogP contribution in [0.1, 0.15) is 19.0 Å². The zero-order valence-corrected chi connectivity index (χ0v) is 12.0. The summed E-state index contributed by atoms with van der Waals surface area (Å²) in [6.45, 7) is 7.00. The minimum absolute atomic E-state index is 0.230. The van der Waals surface area contributed by atoms with Gasteiger partial charge in [-0.1, -0.05) is 6.92 Å². The Labute approximate surface area is 114 Å². The summed E-state index contributed by atoms with van der Waals surface area (Å²) in [5, 5.41) is 13.5. The van der Waals surface area contributed by atoms with Gasteiger partial charge in [-0.15, -0.1) is 0 Å². The third-order valence-corrected chi connectivity index (χ3v) is 3.77. The molecule has 1 aliphatic rings. The molecule has 3 N–H and O–H groups in total. The van der Waals surface area contributed by atoms with Gasteiger partial charge in [0, 0.05) is 33.2 Å². The smallest absolute Gasteiger partial charge is 0.150 e. The van der Waals surface area contributed by atoms with Crippen LogP contribution in [-0.2, 0) is 13.5 Å². The third-order valence-electron chi connectivity index (χ3n) is 3.77. The first-order valence-corrected chi connectivity index (χ1v) is 7.06. The highest BCUT2D eigenvalue weighted by Gasteiger charge is 2.21. The zero-order chi connectivity index (χ0) is 13.8. The van der Waals surface area contributed by atoms with Crippen LogP contribution in [-0.4, -0.2) is 59.1 Å². The second-order valence-corrected chi connectivity index (χ2v) is 5.07. The molecule has 2 heterocycles. The molecule has 6 heteroatoms. The molecule has 1 aromatic heterocycles. The van der Waals surface area contributed by atoms with Crippen molar-refractivity contribution in [2.45, 2.75) is 19.8 Å². The van der Waals surface area contributed by atoms with Gasteiger partial charge in [-0.3, -0.25) is 9.58 Å². The van der Waals surface area contributed by atoms with Gasteiger partial charge in [0.05, 0.1) is 18.0 Å². The van der Waals surface area contributed by atoms with Crippen LogP contribution in [0.2, 0.25) is 0 Å². The molecule has 0 amide bonds. The monoisotopic (exact) mass is 267 g/mol. The van der Waals surface area contributed by atoms with E-state index in [1.807, 2.05) is 11.7 Å². The lowest BCUT2D eigenvalue weighted by Crippen LogP contribution is -2.33. The van der Waals surface area contributed by atoms with Crippen LogP contribution in [0.5, 0.6) is 0 Å². The average molecular weight is 267 g/mol. The fraction of sp³-hybridized carbons (Fsp3) is 0.769. The summed E-state index contributed by atoms with van der Waals surface area (Å²) < 4.78 is 1.90. The molecule has 0 aliphatic carbocycles. The summed E-state index contributed by atoms with van der Waals surface area (Å²) in [5.41, 5.74) is 8.01. The second kappa shape index (κ2) is 6.25. The number of hydrogen-bond donors (Lipinski definition) is 2. The molecule has 1 aromatic rings. The van der Waals surface area contributed by atoms with E-state index in [1.165, 1.54) is 0 Å². The number of aliphatic hydroxyl groups excluding tert-OH is 1. The Morgan fingerprint density at radius 3 is 2.68 bits per heavy atom. The summed E-state index contributed by atoms with van der Waals surface area (Å²) in [5.74, 6) is 1.04. The van der Waals surface area contributed by atoms with Crippen molar-refractivity contribution < 1.29 is 5.11 Å². The van der Waals surface area contributed by atoms with E-state index < -0.39 is 0 Å². The van der Waals surface area contributed by atoms with Crippen LogP contribution in [0.3, 0.4) is 0 Å². The molecular formula is C13H25N5O. The standard InChI is InChI=1S/C13H25N5O/c1-3-11-12(14)13(16(2)15-11)18-6-4-5-17(7-8-18)9-10-19/h19H,3-10,14H2,1-2H3. The number of nitrogen functional groups attached to an aromatic ring is 1. The number of nitrogens with zero attached hydrogens (tertiary/aromatic N) is 4. The quantitative estimate of drug-likeness (QED) is 0.808. The Hall–Kier alpha value is -1.27. The highest BCUT2D eigenvalue weighted by Crippen LogP contribution is 2.27. The van der Waals surface area contributed by atoms with Gasteiger partial charge in [0.2, 0.25) is 0 Å². The first-order valence-electron chi connectivity index (χ1n) is 7.06. The molecule has 1 aliphatic heterocycles. The minimum atomic E-state index is 0.230. The van der Waals surface area contributed by atoms with E-state index in [4.69, 9.17) is 10.8 Å². The fourth-order valence-corrected chi connectivity index (χ4v) is 2.77. The molecule has 108 valence electrons. The molecule has 0 radical (unpaired) electrons. The average Bonchev–Trinajstić information content (AvgIpc) is 2.56. The molecule has 1 fully saturated rings. The van der Waals surface area contributed by atoms with Crippen molar-refractivity contribution in [3.63, 3.8) is 0 Å². The van der Waals surface area contributed by atoms with Crippen molar-refractivity contribution in [3.8, 4) is 0 Å². The summed E-state index contributed by atoms with van der Waals surface area (Å²) in [6.07, 6.45) is 1.95. The van der Waals surface area contributed by atoms with Gasteiger partial charge >= 0.3 is 0 Å². The van der Waals surface area contributed by atoms with Crippen molar-refractivity contribution in [2.75, 3.05) is 50.0 Å². The first-order chi connectivity index (χ1) is 9.17. The number of aliphatic hydroxyl groups is 1. The van der Waals surface area contributed by atoms with E-state index in [2.05, 4.69) is 21.8 Å². The Balaban J connectivity index is 2.12. The molecule has 1 saturated heterocycles. The van der Waals surface area contributed by atoms with Gasteiger partial charge in [0.15, 0.2) is 0 Å². The number of aryl methyl sites for hydroxylation is 2. The summed E-state index contributed by atoms with van der Waals surface area (Å²) in [6, 6.07) is 0. The fourth-order valence-electron chi connectivity index (χ4n) is 2.77. The van der Waals surface area contributed by atoms with E-state index in [0.717, 1.165) is 62.8 Å². The Bertz CT molecular complexity index is 417. The van der Waals surface area contributed by atoms with Crippen LogP contribution in [0, 0.1) is 0 Å². The van der Waals surface area contributed by atoms with E-state index in [9.17, 15) is 0 Å². The van der Waals surface area contributed by atoms with E-state index in [-0.39, 0.29) is 6.61 Å². The number of aromatic nitrogens is 2. The third kappa shape index (κ3) is 3.01. The Morgan fingerprint density at radius 2 is 2.05 bits per heavy atom. The second-order valence-electron chi connectivity index (χ2n) is 5.07. The van der Waals surface area contributed by atoms with Gasteiger partial charge in [-0.25, -0.2) is 0 Å². The maximum absolute atomic E-state index is 9.03. The molecule has 0 bridgehead atoms. The van der Waals surface area contributed by atoms with Gasteiger partial charge in [-0.05, 0) is 19.4 Å². The van der Waals surface area contributed by atoms with Gasteiger partial charge in [0.1, 0.15) is 5.82 Å². The highest BCUT2D eigenvalue weighted by molar-refractivity contribution is 5.66. The van der Waals surface area contributed by atoms with Gasteiger partial charge in [-0.2, -0.15) is 5.10 Å². The highest BCUT2D eigenvalue weighted by atomic mass is 16.3. The number of rotatable bonds is 4. The van der Waals surface area contributed by atoms with Crippen LogP contribution < -0.4 is 10.6 Å². The summed E-state index contributed by atoms with van der Waals surface area (Å²) in [4.78, 5) is 4.62. The summed E-state index contributed by atoms with van der Waals surface area (Å²) >= 11 is 0. The molecular weight excluding hydrogens is 242 g/mol. The van der Waals surface area contributed by atoms with Crippen molar-refractivity contribution in [1.82, 2.24) is 14.7 Å². The van der Waals surface area contributed by atoms with E-state index in [1.54, 1.807) is 0 Å². The van der Waals surface area contributed by atoms with Crippen LogP contribution in [0.25, 0.3) is 0 Å². The van der Waals surface area contributed by atoms with Gasteiger partial charge < -0.3 is 15.7 Å².